The number of benzene rings is 1. The van der Waals surface area contributed by atoms with Crippen LogP contribution in [0, 0.1) is 5.82 Å². The van der Waals surface area contributed by atoms with Crippen molar-refractivity contribution in [3.05, 3.63) is 64.7 Å². The van der Waals surface area contributed by atoms with Gasteiger partial charge in [-0.1, -0.05) is 12.1 Å². The highest BCUT2D eigenvalue weighted by atomic mass is 32.1. The van der Waals surface area contributed by atoms with Crippen molar-refractivity contribution >= 4 is 28.3 Å². The first-order valence-corrected chi connectivity index (χ1v) is 9.35. The number of thiophene rings is 1. The second-order valence-corrected chi connectivity index (χ2v) is 7.26. The Morgan fingerprint density at radius 1 is 1.10 bits per heavy atom. The fourth-order valence-electron chi connectivity index (χ4n) is 2.86. The van der Waals surface area contributed by atoms with Crippen molar-refractivity contribution < 1.29 is 22.4 Å². The molecule has 0 saturated heterocycles. The van der Waals surface area contributed by atoms with Gasteiger partial charge in [-0.15, -0.1) is 11.3 Å². The standard InChI is InChI=1S/C20H13F4N3OS/c21-15-3-1-2-11(5-15)16-6-12-4-13(8-25-18(12)27-16)14-7-17(29-9-14)19(28)26-10-20(22,23)24/h1-9H,10H2,(H,25,27)(H,26,28). The molecule has 148 valence electrons. The Morgan fingerprint density at radius 2 is 1.93 bits per heavy atom. The summed E-state index contributed by atoms with van der Waals surface area (Å²) in [4.78, 5) is 19.5. The average molecular weight is 419 g/mol. The normalized spacial score (nSPS) is 11.7. The van der Waals surface area contributed by atoms with E-state index < -0.39 is 18.6 Å². The maximum atomic E-state index is 13.5. The van der Waals surface area contributed by atoms with Crippen LogP contribution in [-0.2, 0) is 0 Å². The quantitative estimate of drug-likeness (QED) is 0.436. The number of amides is 1. The molecule has 4 nitrogen and oxygen atoms in total. The van der Waals surface area contributed by atoms with Crippen molar-refractivity contribution in [2.75, 3.05) is 6.54 Å². The van der Waals surface area contributed by atoms with E-state index in [1.165, 1.54) is 18.2 Å². The summed E-state index contributed by atoms with van der Waals surface area (Å²) in [6.07, 6.45) is -2.86. The van der Waals surface area contributed by atoms with Crippen LogP contribution in [0.3, 0.4) is 0 Å². The van der Waals surface area contributed by atoms with Crippen LogP contribution >= 0.6 is 11.3 Å². The van der Waals surface area contributed by atoms with Crippen molar-refractivity contribution in [1.82, 2.24) is 15.3 Å². The van der Waals surface area contributed by atoms with Gasteiger partial charge in [-0.05, 0) is 41.3 Å². The third-order valence-corrected chi connectivity index (χ3v) is 5.14. The fraction of sp³-hybridized carbons (Fsp3) is 0.100. The van der Waals surface area contributed by atoms with Crippen molar-refractivity contribution in [1.29, 1.82) is 0 Å². The number of aromatic nitrogens is 2. The number of aromatic amines is 1. The lowest BCUT2D eigenvalue weighted by Gasteiger charge is -2.06. The van der Waals surface area contributed by atoms with Gasteiger partial charge in [0.1, 0.15) is 18.0 Å². The molecule has 0 radical (unpaired) electrons. The number of fused-ring (bicyclic) bond motifs is 1. The van der Waals surface area contributed by atoms with E-state index in [-0.39, 0.29) is 10.7 Å². The second-order valence-electron chi connectivity index (χ2n) is 6.35. The summed E-state index contributed by atoms with van der Waals surface area (Å²) < 4.78 is 50.2. The predicted molar refractivity (Wildman–Crippen MR) is 103 cm³/mol. The van der Waals surface area contributed by atoms with Crippen molar-refractivity contribution in [3.8, 4) is 22.4 Å². The van der Waals surface area contributed by atoms with Gasteiger partial charge in [0.2, 0.25) is 0 Å². The molecule has 0 aliphatic carbocycles. The summed E-state index contributed by atoms with van der Waals surface area (Å²) in [6.45, 7) is -1.38. The number of hydrogen-bond acceptors (Lipinski definition) is 3. The Labute approximate surface area is 166 Å². The number of nitrogens with zero attached hydrogens (tertiary/aromatic N) is 1. The molecule has 0 unspecified atom stereocenters. The molecule has 3 aromatic heterocycles. The van der Waals surface area contributed by atoms with Gasteiger partial charge in [0, 0.05) is 28.4 Å². The van der Waals surface area contributed by atoms with E-state index >= 15 is 0 Å². The van der Waals surface area contributed by atoms with Crippen LogP contribution in [0.15, 0.2) is 54.0 Å². The molecule has 1 aromatic carbocycles. The summed E-state index contributed by atoms with van der Waals surface area (Å²) in [6, 6.07) is 11.4. The molecule has 0 saturated carbocycles. The van der Waals surface area contributed by atoms with E-state index in [0.717, 1.165) is 16.7 Å². The maximum absolute atomic E-state index is 13.5. The van der Waals surface area contributed by atoms with Gasteiger partial charge < -0.3 is 10.3 Å². The monoisotopic (exact) mass is 419 g/mol. The first-order valence-electron chi connectivity index (χ1n) is 8.47. The highest BCUT2D eigenvalue weighted by Gasteiger charge is 2.28. The molecule has 0 atom stereocenters. The van der Waals surface area contributed by atoms with Gasteiger partial charge in [-0.2, -0.15) is 13.2 Å². The second kappa shape index (κ2) is 7.32. The van der Waals surface area contributed by atoms with Crippen molar-refractivity contribution in [2.24, 2.45) is 0 Å². The van der Waals surface area contributed by atoms with Crippen LogP contribution in [0.1, 0.15) is 9.67 Å². The molecule has 3 heterocycles. The summed E-state index contributed by atoms with van der Waals surface area (Å²) in [7, 11) is 0. The molecular formula is C20H13F4N3OS. The highest BCUT2D eigenvalue weighted by molar-refractivity contribution is 7.12. The fourth-order valence-corrected chi connectivity index (χ4v) is 3.69. The first kappa shape index (κ1) is 19.1. The Hall–Kier alpha value is -3.20. The smallest absolute Gasteiger partial charge is 0.342 e. The summed E-state index contributed by atoms with van der Waals surface area (Å²) in [5, 5.41) is 4.33. The zero-order valence-electron chi connectivity index (χ0n) is 14.7. The van der Waals surface area contributed by atoms with Gasteiger partial charge in [-0.25, -0.2) is 9.37 Å². The topological polar surface area (TPSA) is 57.8 Å². The molecule has 1 amide bonds. The van der Waals surface area contributed by atoms with E-state index in [1.54, 1.807) is 23.7 Å². The number of pyridine rings is 1. The molecule has 0 spiro atoms. The number of alkyl halides is 3. The zero-order valence-corrected chi connectivity index (χ0v) is 15.5. The third kappa shape index (κ3) is 4.29. The van der Waals surface area contributed by atoms with Crippen LogP contribution in [0.5, 0.6) is 0 Å². The summed E-state index contributed by atoms with van der Waals surface area (Å²) in [5.41, 5.74) is 3.40. The summed E-state index contributed by atoms with van der Waals surface area (Å²) in [5.74, 6) is -1.12. The molecule has 0 bridgehead atoms. The lowest BCUT2D eigenvalue weighted by molar-refractivity contribution is -0.123. The van der Waals surface area contributed by atoms with Crippen LogP contribution in [0.25, 0.3) is 33.4 Å². The lowest BCUT2D eigenvalue weighted by atomic mass is 10.1. The van der Waals surface area contributed by atoms with Crippen LogP contribution in [0.2, 0.25) is 0 Å². The number of carbonyl (C=O) groups excluding carboxylic acids is 1. The van der Waals surface area contributed by atoms with Crippen LogP contribution < -0.4 is 5.32 Å². The minimum Gasteiger partial charge on any atom is -0.342 e. The molecule has 0 aliphatic rings. The minimum atomic E-state index is -4.46. The van der Waals surface area contributed by atoms with Gasteiger partial charge in [-0.3, -0.25) is 4.79 Å². The molecule has 4 rings (SSSR count). The summed E-state index contributed by atoms with van der Waals surface area (Å²) >= 11 is 1.06. The molecule has 4 aromatic rings. The van der Waals surface area contributed by atoms with Gasteiger partial charge in [0.15, 0.2) is 0 Å². The first-order chi connectivity index (χ1) is 13.8. The van der Waals surface area contributed by atoms with E-state index in [0.29, 0.717) is 28.0 Å². The Kier molecular flexibility index (Phi) is 4.83. The molecule has 9 heteroatoms. The highest BCUT2D eigenvalue weighted by Crippen LogP contribution is 2.30. The SMILES string of the molecule is O=C(NCC(F)(F)F)c1cc(-c2cnc3[nH]c(-c4cccc(F)c4)cc3c2)cs1. The van der Waals surface area contributed by atoms with Crippen LogP contribution in [-0.4, -0.2) is 28.6 Å². The average Bonchev–Trinajstić information content (AvgIpc) is 3.32. The molecular weight excluding hydrogens is 406 g/mol. The van der Waals surface area contributed by atoms with Gasteiger partial charge in [0.05, 0.1) is 4.88 Å². The molecule has 29 heavy (non-hydrogen) atoms. The minimum absolute atomic E-state index is 0.180. The zero-order chi connectivity index (χ0) is 20.6. The maximum Gasteiger partial charge on any atom is 0.405 e. The molecule has 2 N–H and O–H groups in total. The Morgan fingerprint density at radius 3 is 2.69 bits per heavy atom. The van der Waals surface area contributed by atoms with Crippen LogP contribution in [0.4, 0.5) is 17.6 Å². The number of hydrogen-bond donors (Lipinski definition) is 2. The Balaban J connectivity index is 1.59. The molecule has 0 aliphatic heterocycles. The molecule has 0 fully saturated rings. The van der Waals surface area contributed by atoms with E-state index in [2.05, 4.69) is 9.97 Å². The predicted octanol–water partition coefficient (Wildman–Crippen LogP) is 5.39. The van der Waals surface area contributed by atoms with Crippen molar-refractivity contribution in [2.45, 2.75) is 6.18 Å². The van der Waals surface area contributed by atoms with Gasteiger partial charge >= 0.3 is 6.18 Å². The lowest BCUT2D eigenvalue weighted by Crippen LogP contribution is -2.33. The van der Waals surface area contributed by atoms with E-state index in [4.69, 9.17) is 0 Å². The van der Waals surface area contributed by atoms with E-state index in [1.807, 2.05) is 17.4 Å². The number of halogens is 4. The Bertz CT molecular complexity index is 1200. The number of H-pyrrole nitrogens is 1. The van der Waals surface area contributed by atoms with Gasteiger partial charge in [0.25, 0.3) is 5.91 Å². The number of nitrogens with one attached hydrogen (secondary N) is 2. The van der Waals surface area contributed by atoms with E-state index in [9.17, 15) is 22.4 Å². The largest absolute Gasteiger partial charge is 0.405 e. The number of rotatable bonds is 4. The third-order valence-electron chi connectivity index (χ3n) is 4.21. The van der Waals surface area contributed by atoms with Crippen molar-refractivity contribution in [3.63, 3.8) is 0 Å². The number of carbonyl (C=O) groups is 1.